The molecule has 0 atom stereocenters. The molecule has 0 saturated heterocycles. The van der Waals surface area contributed by atoms with E-state index in [1.54, 1.807) is 0 Å². The van der Waals surface area contributed by atoms with Crippen LogP contribution in [0.3, 0.4) is 0 Å². The van der Waals surface area contributed by atoms with Gasteiger partial charge in [0, 0.05) is 54.9 Å². The van der Waals surface area contributed by atoms with Crippen LogP contribution in [0.25, 0.3) is 0 Å². The van der Waals surface area contributed by atoms with Crippen molar-refractivity contribution >= 4 is 0 Å². The molecular formula is C15H18N6. The highest BCUT2D eigenvalue weighted by Gasteiger charge is 2.34. The number of rotatable bonds is 3. The molecule has 6 heteroatoms. The molecule has 6 nitrogen and oxygen atoms in total. The Morgan fingerprint density at radius 3 is 1.19 bits per heavy atom. The number of H-pyrrole nitrogens is 3. The standard InChI is InChI=1S/C15H18N6/c1-2-17-13(16-1)10-7-11(14-18-3-4-19-14)9-12(8-10)15-20-5-6-21-15/h1-6,10-12H,7-9H2,(H,16,17)(H,18,19)(H,20,21). The highest BCUT2D eigenvalue weighted by Crippen LogP contribution is 2.45. The van der Waals surface area contributed by atoms with Crippen LogP contribution in [0, 0.1) is 0 Å². The van der Waals surface area contributed by atoms with Crippen LogP contribution in [0.4, 0.5) is 0 Å². The van der Waals surface area contributed by atoms with E-state index in [-0.39, 0.29) is 0 Å². The fourth-order valence-electron chi connectivity index (χ4n) is 3.49. The van der Waals surface area contributed by atoms with Crippen LogP contribution in [0.1, 0.15) is 54.5 Å². The summed E-state index contributed by atoms with van der Waals surface area (Å²) in [6.07, 6.45) is 14.4. The Labute approximate surface area is 122 Å². The SMILES string of the molecule is c1c[nH]c(C2CC(c3ncc[nH]3)CC(c3ncc[nH]3)C2)n1. The summed E-state index contributed by atoms with van der Waals surface area (Å²) in [6, 6.07) is 0. The second kappa shape index (κ2) is 5.20. The maximum Gasteiger partial charge on any atom is 0.109 e. The predicted octanol–water partition coefficient (Wildman–Crippen LogP) is 2.69. The lowest BCUT2D eigenvalue weighted by atomic mass is 9.74. The minimum absolute atomic E-state index is 0.416. The summed E-state index contributed by atoms with van der Waals surface area (Å²) < 4.78 is 0. The normalized spacial score (nSPS) is 26.0. The summed E-state index contributed by atoms with van der Waals surface area (Å²) in [5, 5.41) is 0. The number of nitrogens with zero attached hydrogens (tertiary/aromatic N) is 3. The van der Waals surface area contributed by atoms with Gasteiger partial charge in [-0.1, -0.05) is 0 Å². The zero-order chi connectivity index (χ0) is 14.1. The van der Waals surface area contributed by atoms with E-state index in [0.29, 0.717) is 17.8 Å². The van der Waals surface area contributed by atoms with E-state index in [1.165, 1.54) is 0 Å². The number of aromatic amines is 3. The Morgan fingerprint density at radius 2 is 0.952 bits per heavy atom. The van der Waals surface area contributed by atoms with Crippen molar-refractivity contribution in [1.82, 2.24) is 29.9 Å². The Kier molecular flexibility index (Phi) is 3.06. The van der Waals surface area contributed by atoms with E-state index in [2.05, 4.69) is 29.9 Å². The van der Waals surface area contributed by atoms with Crippen LogP contribution in [0.5, 0.6) is 0 Å². The number of nitrogens with one attached hydrogen (secondary N) is 3. The van der Waals surface area contributed by atoms with E-state index in [4.69, 9.17) is 0 Å². The maximum absolute atomic E-state index is 4.45. The van der Waals surface area contributed by atoms with Gasteiger partial charge in [0.25, 0.3) is 0 Å². The Morgan fingerprint density at radius 1 is 0.619 bits per heavy atom. The third kappa shape index (κ3) is 2.37. The first-order valence-electron chi connectivity index (χ1n) is 7.38. The molecule has 0 aromatic carbocycles. The Bertz CT molecular complexity index is 553. The molecule has 1 aliphatic rings. The van der Waals surface area contributed by atoms with Crippen LogP contribution in [0.15, 0.2) is 37.2 Å². The van der Waals surface area contributed by atoms with Crippen molar-refractivity contribution in [3.05, 3.63) is 54.7 Å². The van der Waals surface area contributed by atoms with Gasteiger partial charge in [0.05, 0.1) is 0 Å². The van der Waals surface area contributed by atoms with Gasteiger partial charge in [-0.2, -0.15) is 0 Å². The summed E-state index contributed by atoms with van der Waals surface area (Å²) in [6.45, 7) is 0. The lowest BCUT2D eigenvalue weighted by molar-refractivity contribution is 0.328. The first-order valence-corrected chi connectivity index (χ1v) is 7.38. The van der Waals surface area contributed by atoms with Crippen LogP contribution >= 0.6 is 0 Å². The van der Waals surface area contributed by atoms with Crippen molar-refractivity contribution in [1.29, 1.82) is 0 Å². The first-order chi connectivity index (χ1) is 10.4. The van der Waals surface area contributed by atoms with Crippen molar-refractivity contribution in [3.63, 3.8) is 0 Å². The van der Waals surface area contributed by atoms with Gasteiger partial charge >= 0.3 is 0 Å². The first kappa shape index (κ1) is 12.4. The van der Waals surface area contributed by atoms with Gasteiger partial charge in [-0.3, -0.25) is 0 Å². The van der Waals surface area contributed by atoms with Gasteiger partial charge < -0.3 is 15.0 Å². The molecule has 0 amide bonds. The number of aromatic nitrogens is 6. The molecule has 0 unspecified atom stereocenters. The highest BCUT2D eigenvalue weighted by molar-refractivity contribution is 5.13. The fourth-order valence-corrected chi connectivity index (χ4v) is 3.49. The maximum atomic E-state index is 4.45. The van der Waals surface area contributed by atoms with E-state index in [1.807, 2.05) is 37.2 Å². The van der Waals surface area contributed by atoms with Gasteiger partial charge in [0.15, 0.2) is 0 Å². The van der Waals surface area contributed by atoms with Crippen molar-refractivity contribution < 1.29 is 0 Å². The molecule has 21 heavy (non-hydrogen) atoms. The van der Waals surface area contributed by atoms with E-state index in [9.17, 15) is 0 Å². The summed E-state index contributed by atoms with van der Waals surface area (Å²) in [5.41, 5.74) is 0. The molecule has 3 aromatic heterocycles. The monoisotopic (exact) mass is 282 g/mol. The van der Waals surface area contributed by atoms with E-state index < -0.39 is 0 Å². The molecule has 3 aromatic rings. The summed E-state index contributed by atoms with van der Waals surface area (Å²) in [7, 11) is 0. The molecule has 3 N–H and O–H groups in total. The van der Waals surface area contributed by atoms with Gasteiger partial charge in [-0.15, -0.1) is 0 Å². The minimum Gasteiger partial charge on any atom is -0.348 e. The van der Waals surface area contributed by atoms with Gasteiger partial charge in [0.2, 0.25) is 0 Å². The predicted molar refractivity (Wildman–Crippen MR) is 77.8 cm³/mol. The number of hydrogen-bond acceptors (Lipinski definition) is 3. The zero-order valence-corrected chi connectivity index (χ0v) is 11.7. The lowest BCUT2D eigenvalue weighted by Crippen LogP contribution is -2.21. The molecule has 108 valence electrons. The molecule has 1 aliphatic carbocycles. The summed E-state index contributed by atoms with van der Waals surface area (Å²) in [4.78, 5) is 23.2. The minimum atomic E-state index is 0.416. The fraction of sp³-hybridized carbons (Fsp3) is 0.400. The molecule has 4 rings (SSSR count). The molecule has 0 bridgehead atoms. The van der Waals surface area contributed by atoms with Crippen molar-refractivity contribution in [3.8, 4) is 0 Å². The molecular weight excluding hydrogens is 264 g/mol. The molecule has 0 aliphatic heterocycles. The molecule has 1 fully saturated rings. The average molecular weight is 282 g/mol. The summed E-state index contributed by atoms with van der Waals surface area (Å²) in [5.74, 6) is 4.46. The highest BCUT2D eigenvalue weighted by atomic mass is 14.9. The molecule has 1 saturated carbocycles. The second-order valence-corrected chi connectivity index (χ2v) is 5.72. The average Bonchev–Trinajstić information content (AvgIpc) is 3.29. The van der Waals surface area contributed by atoms with Crippen molar-refractivity contribution in [2.24, 2.45) is 0 Å². The van der Waals surface area contributed by atoms with Crippen LogP contribution in [-0.4, -0.2) is 29.9 Å². The molecule has 3 heterocycles. The summed E-state index contributed by atoms with van der Waals surface area (Å²) >= 11 is 0. The smallest absolute Gasteiger partial charge is 0.109 e. The third-order valence-corrected chi connectivity index (χ3v) is 4.43. The van der Waals surface area contributed by atoms with E-state index in [0.717, 1.165) is 36.7 Å². The third-order valence-electron chi connectivity index (χ3n) is 4.43. The number of hydrogen-bond donors (Lipinski definition) is 3. The molecule has 0 radical (unpaired) electrons. The van der Waals surface area contributed by atoms with Crippen LogP contribution < -0.4 is 0 Å². The zero-order valence-electron chi connectivity index (χ0n) is 11.7. The van der Waals surface area contributed by atoms with Gasteiger partial charge in [-0.25, -0.2) is 15.0 Å². The number of imidazole rings is 3. The van der Waals surface area contributed by atoms with E-state index >= 15 is 0 Å². The van der Waals surface area contributed by atoms with Crippen molar-refractivity contribution in [2.45, 2.75) is 37.0 Å². The van der Waals surface area contributed by atoms with Crippen molar-refractivity contribution in [2.75, 3.05) is 0 Å². The van der Waals surface area contributed by atoms with Crippen LogP contribution in [0.2, 0.25) is 0 Å². The molecule has 0 spiro atoms. The van der Waals surface area contributed by atoms with Crippen LogP contribution in [-0.2, 0) is 0 Å². The quantitative estimate of drug-likeness (QED) is 0.690. The lowest BCUT2D eigenvalue weighted by Gasteiger charge is -2.32. The largest absolute Gasteiger partial charge is 0.348 e. The second-order valence-electron chi connectivity index (χ2n) is 5.72. The Balaban J connectivity index is 1.64. The topological polar surface area (TPSA) is 86.0 Å². The van der Waals surface area contributed by atoms with Gasteiger partial charge in [0.1, 0.15) is 17.5 Å². The Hall–Kier alpha value is -2.37. The van der Waals surface area contributed by atoms with Gasteiger partial charge in [-0.05, 0) is 19.3 Å².